The third-order valence-electron chi connectivity index (χ3n) is 2.32. The van der Waals surface area contributed by atoms with Gasteiger partial charge in [0.25, 0.3) is 0 Å². The first-order valence-corrected chi connectivity index (χ1v) is 5.53. The fourth-order valence-electron chi connectivity index (χ4n) is 1.31. The van der Waals surface area contributed by atoms with E-state index in [-0.39, 0.29) is 6.42 Å². The molecule has 0 heterocycles. The van der Waals surface area contributed by atoms with Gasteiger partial charge in [-0.1, -0.05) is 12.2 Å². The van der Waals surface area contributed by atoms with Crippen LogP contribution in [0, 0.1) is 0 Å². The highest BCUT2D eigenvalue weighted by molar-refractivity contribution is 4.85. The maximum Gasteiger partial charge on any atom is 0.389 e. The Morgan fingerprint density at radius 2 is 1.80 bits per heavy atom. The molecule has 0 spiro atoms. The van der Waals surface area contributed by atoms with Gasteiger partial charge in [0, 0.05) is 12.5 Å². The van der Waals surface area contributed by atoms with Crippen molar-refractivity contribution < 1.29 is 13.2 Å². The topological polar surface area (TPSA) is 12.0 Å². The molecule has 88 valence electrons. The quantitative estimate of drug-likeness (QED) is 0.513. The van der Waals surface area contributed by atoms with Crippen LogP contribution < -0.4 is 5.32 Å². The highest BCUT2D eigenvalue weighted by Gasteiger charge is 2.25. The predicted octanol–water partition coefficient (Wildman–Crippen LogP) is 3.42. The van der Waals surface area contributed by atoms with Crippen molar-refractivity contribution in [2.75, 3.05) is 6.54 Å². The molecule has 0 aromatic carbocycles. The van der Waals surface area contributed by atoms with Gasteiger partial charge in [0.1, 0.15) is 0 Å². The van der Waals surface area contributed by atoms with Crippen LogP contribution in [0.5, 0.6) is 0 Å². The molecule has 4 heteroatoms. The van der Waals surface area contributed by atoms with E-state index in [1.54, 1.807) is 0 Å². The van der Waals surface area contributed by atoms with Gasteiger partial charge in [-0.15, -0.1) is 0 Å². The Balaban J connectivity index is 1.83. The van der Waals surface area contributed by atoms with Crippen LogP contribution in [-0.4, -0.2) is 18.8 Å². The lowest BCUT2D eigenvalue weighted by molar-refractivity contribution is -0.135. The van der Waals surface area contributed by atoms with Crippen molar-refractivity contribution >= 4 is 0 Å². The lowest BCUT2D eigenvalue weighted by Gasteiger charge is -2.03. The van der Waals surface area contributed by atoms with Gasteiger partial charge in [-0.25, -0.2) is 0 Å². The first-order chi connectivity index (χ1) is 7.08. The van der Waals surface area contributed by atoms with E-state index < -0.39 is 12.6 Å². The number of hydrogen-bond donors (Lipinski definition) is 1. The van der Waals surface area contributed by atoms with Gasteiger partial charge in [0.2, 0.25) is 0 Å². The molecule has 0 bridgehead atoms. The standard InChI is InChI=1S/C11H18F3N/c12-11(13,14)8-4-2-1-3-5-9-15-10-6-7-10/h1,3,10,15H,2,4-9H2/b3-1+. The van der Waals surface area contributed by atoms with Crippen LogP contribution >= 0.6 is 0 Å². The highest BCUT2D eigenvalue weighted by atomic mass is 19.4. The lowest BCUT2D eigenvalue weighted by atomic mass is 10.2. The minimum atomic E-state index is -4.00. The van der Waals surface area contributed by atoms with Crippen LogP contribution in [-0.2, 0) is 0 Å². The number of unbranched alkanes of at least 4 members (excludes halogenated alkanes) is 1. The van der Waals surface area contributed by atoms with Crippen LogP contribution in [0.1, 0.15) is 38.5 Å². The molecule has 15 heavy (non-hydrogen) atoms. The molecule has 0 saturated heterocycles. The second-order valence-corrected chi connectivity index (χ2v) is 4.00. The number of alkyl halides is 3. The summed E-state index contributed by atoms with van der Waals surface area (Å²) in [5.74, 6) is 0. The zero-order valence-electron chi connectivity index (χ0n) is 8.82. The number of hydrogen-bond acceptors (Lipinski definition) is 1. The molecule has 0 aromatic heterocycles. The predicted molar refractivity (Wildman–Crippen MR) is 54.7 cm³/mol. The molecule has 1 aliphatic carbocycles. The summed E-state index contributed by atoms with van der Waals surface area (Å²) in [4.78, 5) is 0. The largest absolute Gasteiger partial charge is 0.389 e. The zero-order chi connectivity index (χ0) is 11.1. The van der Waals surface area contributed by atoms with Gasteiger partial charge in [0.05, 0.1) is 0 Å². The third-order valence-corrected chi connectivity index (χ3v) is 2.32. The molecule has 1 nitrogen and oxygen atoms in total. The third kappa shape index (κ3) is 8.48. The molecule has 1 N–H and O–H groups in total. The molecule has 1 fully saturated rings. The van der Waals surface area contributed by atoms with E-state index in [1.807, 2.05) is 12.2 Å². The first kappa shape index (κ1) is 12.6. The van der Waals surface area contributed by atoms with Crippen LogP contribution in [0.2, 0.25) is 0 Å². The minimum absolute atomic E-state index is 0.204. The summed E-state index contributed by atoms with van der Waals surface area (Å²) in [5.41, 5.74) is 0. The Kier molecular flexibility index (Phi) is 5.15. The Labute approximate surface area is 88.7 Å². The molecule has 0 unspecified atom stereocenters. The first-order valence-electron chi connectivity index (χ1n) is 5.53. The van der Waals surface area contributed by atoms with Gasteiger partial charge in [-0.05, 0) is 38.6 Å². The Morgan fingerprint density at radius 3 is 2.40 bits per heavy atom. The summed E-state index contributed by atoms with van der Waals surface area (Å²) < 4.78 is 35.2. The van der Waals surface area contributed by atoms with E-state index in [1.165, 1.54) is 12.8 Å². The molecule has 1 aliphatic rings. The van der Waals surface area contributed by atoms with E-state index in [0.717, 1.165) is 13.0 Å². The Morgan fingerprint density at radius 1 is 1.13 bits per heavy atom. The number of halogens is 3. The Bertz CT molecular complexity index is 194. The second kappa shape index (κ2) is 6.16. The van der Waals surface area contributed by atoms with Gasteiger partial charge in [0.15, 0.2) is 0 Å². The maximum atomic E-state index is 11.7. The van der Waals surface area contributed by atoms with Crippen LogP contribution in [0.15, 0.2) is 12.2 Å². The molecule has 1 saturated carbocycles. The fraction of sp³-hybridized carbons (Fsp3) is 0.818. The van der Waals surface area contributed by atoms with Crippen molar-refractivity contribution in [2.45, 2.75) is 50.7 Å². The smallest absolute Gasteiger partial charge is 0.314 e. The lowest BCUT2D eigenvalue weighted by Crippen LogP contribution is -2.16. The summed E-state index contributed by atoms with van der Waals surface area (Å²) in [7, 11) is 0. The van der Waals surface area contributed by atoms with Gasteiger partial charge in [-0.3, -0.25) is 0 Å². The van der Waals surface area contributed by atoms with Gasteiger partial charge in [-0.2, -0.15) is 13.2 Å². The van der Waals surface area contributed by atoms with E-state index >= 15 is 0 Å². The average Bonchev–Trinajstić information content (AvgIpc) is 2.91. The number of allylic oxidation sites excluding steroid dienone is 1. The van der Waals surface area contributed by atoms with Gasteiger partial charge < -0.3 is 5.32 Å². The molecule has 1 rings (SSSR count). The SMILES string of the molecule is FC(F)(F)CCC/C=C/CCNC1CC1. The van der Waals surface area contributed by atoms with E-state index in [9.17, 15) is 13.2 Å². The molecule has 0 aromatic rings. The van der Waals surface area contributed by atoms with Crippen LogP contribution in [0.4, 0.5) is 13.2 Å². The van der Waals surface area contributed by atoms with Crippen molar-refractivity contribution in [3.63, 3.8) is 0 Å². The second-order valence-electron chi connectivity index (χ2n) is 4.00. The minimum Gasteiger partial charge on any atom is -0.314 e. The van der Waals surface area contributed by atoms with E-state index in [0.29, 0.717) is 12.5 Å². The highest BCUT2D eigenvalue weighted by Crippen LogP contribution is 2.22. The normalized spacial score (nSPS) is 17.5. The summed E-state index contributed by atoms with van der Waals surface area (Å²) in [5, 5.41) is 3.34. The average molecular weight is 221 g/mol. The zero-order valence-corrected chi connectivity index (χ0v) is 8.82. The number of rotatable bonds is 7. The summed E-state index contributed by atoms with van der Waals surface area (Å²) in [6.07, 6.45) is 3.34. The van der Waals surface area contributed by atoms with Crippen molar-refractivity contribution in [2.24, 2.45) is 0 Å². The molecule has 0 atom stereocenters. The Hall–Kier alpha value is -0.510. The van der Waals surface area contributed by atoms with Crippen LogP contribution in [0.25, 0.3) is 0 Å². The van der Waals surface area contributed by atoms with E-state index in [2.05, 4.69) is 5.32 Å². The molecule has 0 aliphatic heterocycles. The van der Waals surface area contributed by atoms with Gasteiger partial charge >= 0.3 is 6.18 Å². The maximum absolute atomic E-state index is 11.7. The number of nitrogens with one attached hydrogen (secondary N) is 1. The van der Waals surface area contributed by atoms with Crippen molar-refractivity contribution in [3.8, 4) is 0 Å². The van der Waals surface area contributed by atoms with Crippen molar-refractivity contribution in [3.05, 3.63) is 12.2 Å². The molecular weight excluding hydrogens is 203 g/mol. The molecule has 0 amide bonds. The summed E-state index contributed by atoms with van der Waals surface area (Å²) >= 11 is 0. The molecule has 0 radical (unpaired) electrons. The van der Waals surface area contributed by atoms with Crippen molar-refractivity contribution in [1.29, 1.82) is 0 Å². The fourth-order valence-corrected chi connectivity index (χ4v) is 1.31. The molecular formula is C11H18F3N. The van der Waals surface area contributed by atoms with Crippen LogP contribution in [0.3, 0.4) is 0 Å². The summed E-state index contributed by atoms with van der Waals surface area (Å²) in [6, 6.07) is 0.712. The summed E-state index contributed by atoms with van der Waals surface area (Å²) in [6.45, 7) is 0.945. The monoisotopic (exact) mass is 221 g/mol. The van der Waals surface area contributed by atoms with Crippen molar-refractivity contribution in [1.82, 2.24) is 5.32 Å². The van der Waals surface area contributed by atoms with E-state index in [4.69, 9.17) is 0 Å².